The van der Waals surface area contributed by atoms with Crippen LogP contribution in [0.15, 0.2) is 12.4 Å². The smallest absolute Gasteiger partial charge is 0.136 e. The van der Waals surface area contributed by atoms with E-state index in [1.165, 1.54) is 12.8 Å². The molecular weight excluding hydrogens is 214 g/mol. The van der Waals surface area contributed by atoms with Crippen LogP contribution in [-0.2, 0) is 11.2 Å². The molecule has 90 valence electrons. The first-order valence-corrected chi connectivity index (χ1v) is 6.39. The van der Waals surface area contributed by atoms with Gasteiger partial charge in [-0.05, 0) is 25.2 Å². The van der Waals surface area contributed by atoms with E-state index in [9.17, 15) is 4.79 Å². The van der Waals surface area contributed by atoms with Crippen LogP contribution in [0.3, 0.4) is 0 Å². The second kappa shape index (κ2) is 4.43. The van der Waals surface area contributed by atoms with E-state index in [0.29, 0.717) is 18.6 Å². The van der Waals surface area contributed by atoms with Crippen molar-refractivity contribution in [3.8, 4) is 0 Å². The van der Waals surface area contributed by atoms with Gasteiger partial charge in [0.05, 0.1) is 0 Å². The molecule has 1 aliphatic heterocycles. The predicted octanol–water partition coefficient (Wildman–Crippen LogP) is 1.60. The van der Waals surface area contributed by atoms with E-state index in [1.807, 2.05) is 0 Å². The van der Waals surface area contributed by atoms with Crippen molar-refractivity contribution in [2.45, 2.75) is 32.1 Å². The van der Waals surface area contributed by atoms with Gasteiger partial charge in [-0.2, -0.15) is 0 Å². The summed E-state index contributed by atoms with van der Waals surface area (Å²) in [6, 6.07) is 2.09. The van der Waals surface area contributed by atoms with E-state index in [1.54, 1.807) is 6.33 Å². The second-order valence-corrected chi connectivity index (χ2v) is 5.04. The third-order valence-corrected chi connectivity index (χ3v) is 3.55. The molecule has 0 amide bonds. The van der Waals surface area contributed by atoms with Gasteiger partial charge in [0, 0.05) is 37.7 Å². The number of piperidine rings is 1. The van der Waals surface area contributed by atoms with Crippen LogP contribution in [0.1, 0.15) is 31.4 Å². The van der Waals surface area contributed by atoms with Crippen LogP contribution in [0, 0.1) is 5.92 Å². The zero-order valence-corrected chi connectivity index (χ0v) is 9.93. The molecule has 17 heavy (non-hydrogen) atoms. The molecule has 1 saturated carbocycles. The van der Waals surface area contributed by atoms with Crippen LogP contribution >= 0.6 is 0 Å². The fraction of sp³-hybridized carbons (Fsp3) is 0.615. The second-order valence-electron chi connectivity index (χ2n) is 5.04. The number of anilines is 1. The van der Waals surface area contributed by atoms with Crippen molar-refractivity contribution in [2.75, 3.05) is 18.0 Å². The Labute approximate surface area is 101 Å². The predicted molar refractivity (Wildman–Crippen MR) is 64.9 cm³/mol. The fourth-order valence-electron chi connectivity index (χ4n) is 2.27. The number of ketones is 1. The Balaban J connectivity index is 1.70. The normalized spacial score (nSPS) is 20.7. The van der Waals surface area contributed by atoms with Gasteiger partial charge in [-0.1, -0.05) is 0 Å². The molecule has 0 N–H and O–H groups in total. The summed E-state index contributed by atoms with van der Waals surface area (Å²) in [5, 5.41) is 0. The molecule has 0 spiro atoms. The van der Waals surface area contributed by atoms with Crippen molar-refractivity contribution in [1.29, 1.82) is 0 Å². The van der Waals surface area contributed by atoms with Gasteiger partial charge in [-0.3, -0.25) is 4.79 Å². The molecule has 4 nitrogen and oxygen atoms in total. The fourth-order valence-corrected chi connectivity index (χ4v) is 2.27. The zero-order valence-electron chi connectivity index (χ0n) is 9.93. The Bertz CT molecular complexity index is 418. The van der Waals surface area contributed by atoms with Gasteiger partial charge < -0.3 is 4.90 Å². The van der Waals surface area contributed by atoms with Crippen molar-refractivity contribution in [2.24, 2.45) is 5.92 Å². The summed E-state index contributed by atoms with van der Waals surface area (Å²) in [6.07, 6.45) is 6.74. The van der Waals surface area contributed by atoms with Crippen LogP contribution < -0.4 is 4.90 Å². The summed E-state index contributed by atoms with van der Waals surface area (Å²) >= 11 is 0. The molecule has 1 aliphatic carbocycles. The Kier molecular flexibility index (Phi) is 2.79. The first kappa shape index (κ1) is 10.7. The summed E-state index contributed by atoms with van der Waals surface area (Å²) in [4.78, 5) is 22.0. The zero-order chi connectivity index (χ0) is 11.7. The summed E-state index contributed by atoms with van der Waals surface area (Å²) in [7, 11) is 0. The third-order valence-electron chi connectivity index (χ3n) is 3.55. The van der Waals surface area contributed by atoms with E-state index in [0.717, 1.165) is 36.9 Å². The highest BCUT2D eigenvalue weighted by atomic mass is 16.1. The Morgan fingerprint density at radius 2 is 2.00 bits per heavy atom. The molecule has 0 aromatic carbocycles. The summed E-state index contributed by atoms with van der Waals surface area (Å²) in [5.74, 6) is 2.21. The van der Waals surface area contributed by atoms with Crippen molar-refractivity contribution in [1.82, 2.24) is 9.97 Å². The van der Waals surface area contributed by atoms with Crippen molar-refractivity contribution in [3.05, 3.63) is 18.1 Å². The van der Waals surface area contributed by atoms with E-state index in [-0.39, 0.29) is 0 Å². The molecule has 2 aliphatic rings. The lowest BCUT2D eigenvalue weighted by atomic mass is 10.1. The minimum absolute atomic E-state index is 0.369. The molecule has 0 atom stereocenters. The van der Waals surface area contributed by atoms with Crippen LogP contribution in [0.25, 0.3) is 0 Å². The average molecular weight is 231 g/mol. The molecule has 0 radical (unpaired) electrons. The summed E-state index contributed by atoms with van der Waals surface area (Å²) < 4.78 is 0. The van der Waals surface area contributed by atoms with Crippen LogP contribution in [0.4, 0.5) is 5.82 Å². The van der Waals surface area contributed by atoms with Crippen LogP contribution in [0.5, 0.6) is 0 Å². The number of hydrogen-bond donors (Lipinski definition) is 0. The SMILES string of the molecule is O=C1CCN(c2cc(CC3CC3)ncn2)CC1. The first-order chi connectivity index (χ1) is 8.31. The molecule has 2 fully saturated rings. The molecule has 3 rings (SSSR count). The lowest BCUT2D eigenvalue weighted by molar-refractivity contribution is -0.119. The van der Waals surface area contributed by atoms with Gasteiger partial charge in [0.15, 0.2) is 0 Å². The maximum absolute atomic E-state index is 11.2. The van der Waals surface area contributed by atoms with Gasteiger partial charge in [0.2, 0.25) is 0 Å². The molecule has 0 unspecified atom stereocenters. The largest absolute Gasteiger partial charge is 0.356 e. The minimum Gasteiger partial charge on any atom is -0.356 e. The molecule has 4 heteroatoms. The maximum Gasteiger partial charge on any atom is 0.136 e. The summed E-state index contributed by atoms with van der Waals surface area (Å²) in [5.41, 5.74) is 1.15. The van der Waals surface area contributed by atoms with Gasteiger partial charge in [-0.25, -0.2) is 9.97 Å². The van der Waals surface area contributed by atoms with E-state index in [2.05, 4.69) is 20.9 Å². The van der Waals surface area contributed by atoms with Gasteiger partial charge in [0.1, 0.15) is 17.9 Å². The van der Waals surface area contributed by atoms with Crippen molar-refractivity contribution >= 4 is 11.6 Å². The highest BCUT2D eigenvalue weighted by molar-refractivity contribution is 5.80. The Hall–Kier alpha value is -1.45. The third kappa shape index (κ3) is 2.62. The molecule has 0 bridgehead atoms. The van der Waals surface area contributed by atoms with E-state index < -0.39 is 0 Å². The van der Waals surface area contributed by atoms with E-state index >= 15 is 0 Å². The number of Topliss-reactive ketones (excluding diaryl/α,β-unsaturated/α-hetero) is 1. The number of hydrogen-bond acceptors (Lipinski definition) is 4. The standard InChI is InChI=1S/C13H17N3O/c17-12-3-5-16(6-4-12)13-8-11(14-9-15-13)7-10-1-2-10/h8-10H,1-7H2. The first-order valence-electron chi connectivity index (χ1n) is 6.39. The molecule has 1 aromatic heterocycles. The average Bonchev–Trinajstić information content (AvgIpc) is 3.14. The minimum atomic E-state index is 0.369. The Morgan fingerprint density at radius 1 is 1.24 bits per heavy atom. The molecule has 2 heterocycles. The van der Waals surface area contributed by atoms with Gasteiger partial charge >= 0.3 is 0 Å². The topological polar surface area (TPSA) is 46.1 Å². The van der Waals surface area contributed by atoms with Crippen molar-refractivity contribution < 1.29 is 4.79 Å². The monoisotopic (exact) mass is 231 g/mol. The van der Waals surface area contributed by atoms with E-state index in [4.69, 9.17) is 0 Å². The van der Waals surface area contributed by atoms with Crippen LogP contribution in [-0.4, -0.2) is 28.8 Å². The number of nitrogens with zero attached hydrogens (tertiary/aromatic N) is 3. The maximum atomic E-state index is 11.2. The summed E-state index contributed by atoms with van der Waals surface area (Å²) in [6.45, 7) is 1.61. The number of carbonyl (C=O) groups is 1. The number of aromatic nitrogens is 2. The molecule has 1 aromatic rings. The highest BCUT2D eigenvalue weighted by Crippen LogP contribution is 2.32. The quantitative estimate of drug-likeness (QED) is 0.792. The lowest BCUT2D eigenvalue weighted by Crippen LogP contribution is -2.34. The highest BCUT2D eigenvalue weighted by Gasteiger charge is 2.23. The molecule has 1 saturated heterocycles. The lowest BCUT2D eigenvalue weighted by Gasteiger charge is -2.27. The van der Waals surface area contributed by atoms with Crippen molar-refractivity contribution in [3.63, 3.8) is 0 Å². The molecular formula is C13H17N3O. The van der Waals surface area contributed by atoms with Gasteiger partial charge in [0.25, 0.3) is 0 Å². The van der Waals surface area contributed by atoms with Crippen LogP contribution in [0.2, 0.25) is 0 Å². The Morgan fingerprint density at radius 3 is 2.71 bits per heavy atom. The number of rotatable bonds is 3. The van der Waals surface area contributed by atoms with Gasteiger partial charge in [-0.15, -0.1) is 0 Å². The number of carbonyl (C=O) groups excluding carboxylic acids is 1.